The second-order valence-corrected chi connectivity index (χ2v) is 5.81. The van der Waals surface area contributed by atoms with E-state index in [-0.39, 0.29) is 22.8 Å². The number of fused-ring (bicyclic) bond motifs is 3. The number of hydrogen-bond donors (Lipinski definition) is 1. The van der Waals surface area contributed by atoms with Crippen molar-refractivity contribution in [1.82, 2.24) is 0 Å². The van der Waals surface area contributed by atoms with Gasteiger partial charge in [-0.25, -0.2) is 0 Å². The zero-order valence-corrected chi connectivity index (χ0v) is 11.9. The van der Waals surface area contributed by atoms with Gasteiger partial charge in [-0.05, 0) is 18.1 Å². The second-order valence-electron chi connectivity index (χ2n) is 5.81. The molecule has 0 unspecified atom stereocenters. The largest absolute Gasteiger partial charge is 0.378 e. The molecule has 5 heteroatoms. The van der Waals surface area contributed by atoms with Crippen LogP contribution in [0.15, 0.2) is 48.5 Å². The zero-order valence-electron chi connectivity index (χ0n) is 11.9. The molecule has 2 aliphatic rings. The highest BCUT2D eigenvalue weighted by molar-refractivity contribution is 5.60. The first-order valence-corrected chi connectivity index (χ1v) is 7.45. The highest BCUT2D eigenvalue weighted by atomic mass is 16.6. The summed E-state index contributed by atoms with van der Waals surface area (Å²) in [6.45, 7) is 0.697. The topological polar surface area (TPSA) is 64.4 Å². The van der Waals surface area contributed by atoms with Crippen LogP contribution in [0.5, 0.6) is 0 Å². The van der Waals surface area contributed by atoms with Gasteiger partial charge in [0.25, 0.3) is 5.69 Å². The number of rotatable bonds is 2. The van der Waals surface area contributed by atoms with E-state index in [1.807, 2.05) is 18.2 Å². The number of nitrogens with zero attached hydrogens (tertiary/aromatic N) is 1. The van der Waals surface area contributed by atoms with Gasteiger partial charge in [0.2, 0.25) is 0 Å². The average Bonchev–Trinajstić information content (AvgIpc) is 3.04. The fourth-order valence-corrected chi connectivity index (χ4v) is 3.56. The molecule has 0 saturated carbocycles. The molecule has 1 fully saturated rings. The minimum absolute atomic E-state index is 0.0682. The summed E-state index contributed by atoms with van der Waals surface area (Å²) < 4.78 is 5.91. The molecule has 0 bridgehead atoms. The Balaban J connectivity index is 1.78. The minimum atomic E-state index is -0.354. The SMILES string of the molecule is O=[N+]([O-])c1ccc2c(c1)[C@H]1OCC[C@H]1[C@@H](c1ccccc1)N2. The first-order valence-electron chi connectivity index (χ1n) is 7.45. The monoisotopic (exact) mass is 296 g/mol. The predicted molar refractivity (Wildman–Crippen MR) is 82.7 cm³/mol. The Labute approximate surface area is 128 Å². The van der Waals surface area contributed by atoms with Crippen LogP contribution in [0, 0.1) is 16.0 Å². The lowest BCUT2D eigenvalue weighted by Crippen LogP contribution is -2.29. The number of nitrogens with one attached hydrogen (secondary N) is 1. The van der Waals surface area contributed by atoms with Crippen LogP contribution in [0.1, 0.15) is 29.7 Å². The van der Waals surface area contributed by atoms with E-state index in [9.17, 15) is 10.1 Å². The molecule has 2 heterocycles. The van der Waals surface area contributed by atoms with Crippen molar-refractivity contribution in [3.05, 3.63) is 69.8 Å². The first kappa shape index (κ1) is 13.3. The molecule has 1 N–H and O–H groups in total. The van der Waals surface area contributed by atoms with E-state index in [0.29, 0.717) is 12.5 Å². The van der Waals surface area contributed by atoms with Crippen molar-refractivity contribution in [2.24, 2.45) is 5.92 Å². The van der Waals surface area contributed by atoms with Crippen LogP contribution in [0.25, 0.3) is 0 Å². The predicted octanol–water partition coefficient (Wildman–Crippen LogP) is 3.84. The standard InChI is InChI=1S/C17H16N2O3/c20-19(21)12-6-7-15-14(10-12)17-13(8-9-22-17)16(18-15)11-4-2-1-3-5-11/h1-7,10,13,16-18H,8-9H2/t13-,16+,17-/m0/s1. The molecule has 0 aromatic heterocycles. The van der Waals surface area contributed by atoms with Crippen molar-refractivity contribution < 1.29 is 9.66 Å². The van der Waals surface area contributed by atoms with Gasteiger partial charge in [0, 0.05) is 35.9 Å². The maximum Gasteiger partial charge on any atom is 0.269 e. The number of ether oxygens (including phenoxy) is 1. The van der Waals surface area contributed by atoms with Gasteiger partial charge in [-0.15, -0.1) is 0 Å². The second kappa shape index (κ2) is 5.10. The maximum absolute atomic E-state index is 11.0. The summed E-state index contributed by atoms with van der Waals surface area (Å²) in [7, 11) is 0. The summed E-state index contributed by atoms with van der Waals surface area (Å²) in [5, 5.41) is 14.6. The van der Waals surface area contributed by atoms with Crippen molar-refractivity contribution in [2.45, 2.75) is 18.6 Å². The summed E-state index contributed by atoms with van der Waals surface area (Å²) in [5.41, 5.74) is 3.19. The molecule has 0 spiro atoms. The normalized spacial score (nSPS) is 25.9. The third kappa shape index (κ3) is 2.05. The Morgan fingerprint density at radius 3 is 2.77 bits per heavy atom. The first-order chi connectivity index (χ1) is 10.7. The molecule has 0 radical (unpaired) electrons. The van der Waals surface area contributed by atoms with Crippen molar-refractivity contribution in [3.8, 4) is 0 Å². The average molecular weight is 296 g/mol. The molecule has 0 amide bonds. The third-order valence-electron chi connectivity index (χ3n) is 4.59. The molecule has 112 valence electrons. The number of nitro benzene ring substituents is 1. The van der Waals surface area contributed by atoms with Crippen molar-refractivity contribution in [1.29, 1.82) is 0 Å². The van der Waals surface area contributed by atoms with Crippen LogP contribution >= 0.6 is 0 Å². The van der Waals surface area contributed by atoms with Crippen LogP contribution in [0.4, 0.5) is 11.4 Å². The highest BCUT2D eigenvalue weighted by Crippen LogP contribution is 2.50. The highest BCUT2D eigenvalue weighted by Gasteiger charge is 2.41. The van der Waals surface area contributed by atoms with E-state index < -0.39 is 0 Å². The molecule has 3 atom stereocenters. The fraction of sp³-hybridized carbons (Fsp3) is 0.294. The van der Waals surface area contributed by atoms with Crippen molar-refractivity contribution >= 4 is 11.4 Å². The lowest BCUT2D eigenvalue weighted by molar-refractivity contribution is -0.385. The Kier molecular flexibility index (Phi) is 3.08. The summed E-state index contributed by atoms with van der Waals surface area (Å²) >= 11 is 0. The van der Waals surface area contributed by atoms with Crippen LogP contribution in [0.3, 0.4) is 0 Å². The van der Waals surface area contributed by atoms with Crippen molar-refractivity contribution in [3.63, 3.8) is 0 Å². The van der Waals surface area contributed by atoms with Crippen LogP contribution in [-0.4, -0.2) is 11.5 Å². The fourth-order valence-electron chi connectivity index (χ4n) is 3.56. The summed E-state index contributed by atoms with van der Waals surface area (Å²) in [5.74, 6) is 0.303. The quantitative estimate of drug-likeness (QED) is 0.675. The molecular weight excluding hydrogens is 280 g/mol. The summed E-state index contributed by atoms with van der Waals surface area (Å²) in [6.07, 6.45) is 0.890. The third-order valence-corrected chi connectivity index (χ3v) is 4.59. The Hall–Kier alpha value is -2.40. The van der Waals surface area contributed by atoms with Gasteiger partial charge in [-0.2, -0.15) is 0 Å². The molecule has 2 aliphatic heterocycles. The number of nitro groups is 1. The van der Waals surface area contributed by atoms with E-state index in [1.165, 1.54) is 5.56 Å². The lowest BCUT2D eigenvalue weighted by atomic mass is 9.81. The molecule has 2 aromatic rings. The number of non-ortho nitro benzene ring substituents is 1. The Morgan fingerprint density at radius 2 is 2.00 bits per heavy atom. The van der Waals surface area contributed by atoms with E-state index in [2.05, 4.69) is 17.4 Å². The van der Waals surface area contributed by atoms with Crippen molar-refractivity contribution in [2.75, 3.05) is 11.9 Å². The molecule has 0 aliphatic carbocycles. The molecule has 5 nitrogen and oxygen atoms in total. The molecule has 22 heavy (non-hydrogen) atoms. The van der Waals surface area contributed by atoms with Gasteiger partial charge >= 0.3 is 0 Å². The smallest absolute Gasteiger partial charge is 0.269 e. The summed E-state index contributed by atoms with van der Waals surface area (Å²) in [4.78, 5) is 10.7. The Bertz CT molecular complexity index is 717. The minimum Gasteiger partial charge on any atom is -0.378 e. The van der Waals surface area contributed by atoms with E-state index in [1.54, 1.807) is 18.2 Å². The van der Waals surface area contributed by atoms with Crippen LogP contribution in [0.2, 0.25) is 0 Å². The lowest BCUT2D eigenvalue weighted by Gasteiger charge is -2.36. The number of benzene rings is 2. The number of hydrogen-bond acceptors (Lipinski definition) is 4. The van der Waals surface area contributed by atoms with Gasteiger partial charge in [-0.3, -0.25) is 10.1 Å². The van der Waals surface area contributed by atoms with Gasteiger partial charge in [0.1, 0.15) is 0 Å². The molecule has 2 aromatic carbocycles. The van der Waals surface area contributed by atoms with Gasteiger partial charge in [-0.1, -0.05) is 30.3 Å². The van der Waals surface area contributed by atoms with Crippen LogP contribution in [-0.2, 0) is 4.74 Å². The maximum atomic E-state index is 11.0. The van der Waals surface area contributed by atoms with Gasteiger partial charge < -0.3 is 10.1 Å². The van der Waals surface area contributed by atoms with Gasteiger partial charge in [0.05, 0.1) is 17.1 Å². The summed E-state index contributed by atoms with van der Waals surface area (Å²) in [6, 6.07) is 15.5. The molecular formula is C17H16N2O3. The van der Waals surface area contributed by atoms with Gasteiger partial charge in [0.15, 0.2) is 0 Å². The van der Waals surface area contributed by atoms with E-state index >= 15 is 0 Å². The number of anilines is 1. The molecule has 1 saturated heterocycles. The zero-order chi connectivity index (χ0) is 15.1. The van der Waals surface area contributed by atoms with E-state index in [4.69, 9.17) is 4.74 Å². The molecule has 4 rings (SSSR count). The Morgan fingerprint density at radius 1 is 1.18 bits per heavy atom. The van der Waals surface area contributed by atoms with E-state index in [0.717, 1.165) is 17.7 Å². The van der Waals surface area contributed by atoms with Crippen LogP contribution < -0.4 is 5.32 Å².